The van der Waals surface area contributed by atoms with Crippen molar-refractivity contribution in [2.24, 2.45) is 0 Å². The Balaban J connectivity index is 1.71. The number of aromatic nitrogens is 3. The van der Waals surface area contributed by atoms with Crippen LogP contribution >= 0.6 is 22.9 Å². The molecule has 0 aliphatic heterocycles. The number of hydrogen-bond donors (Lipinski definition) is 2. The maximum Gasteiger partial charge on any atom is 0.280 e. The first-order valence-corrected chi connectivity index (χ1v) is 7.34. The lowest BCUT2D eigenvalue weighted by atomic mass is 10.5. The fourth-order valence-corrected chi connectivity index (χ4v) is 2.59. The summed E-state index contributed by atoms with van der Waals surface area (Å²) in [5.41, 5.74) is 0. The third-order valence-electron chi connectivity index (χ3n) is 2.67. The van der Waals surface area contributed by atoms with Gasteiger partial charge in [0.15, 0.2) is 5.01 Å². The molecule has 20 heavy (non-hydrogen) atoms. The average molecular weight is 310 g/mol. The highest BCUT2D eigenvalue weighted by Crippen LogP contribution is 2.25. The minimum Gasteiger partial charge on any atom is -0.347 e. The van der Waals surface area contributed by atoms with Crippen LogP contribution < -0.4 is 10.6 Å². The number of hydrogen-bond acceptors (Lipinski definition) is 6. The molecule has 2 N–H and O–H groups in total. The fraction of sp³-hybridized carbons (Fsp3) is 0.333. The Kier molecular flexibility index (Phi) is 3.54. The summed E-state index contributed by atoms with van der Waals surface area (Å²) in [6.07, 6.45) is 3.72. The minimum atomic E-state index is -0.123. The number of thiazole rings is 1. The predicted molar refractivity (Wildman–Crippen MR) is 77.7 cm³/mol. The molecule has 2 aromatic rings. The first-order chi connectivity index (χ1) is 9.60. The molecule has 1 amide bonds. The summed E-state index contributed by atoms with van der Waals surface area (Å²) in [6.45, 7) is 1.76. The van der Waals surface area contributed by atoms with E-state index >= 15 is 0 Å². The predicted octanol–water partition coefficient (Wildman–Crippen LogP) is 2.53. The summed E-state index contributed by atoms with van der Waals surface area (Å²) in [6, 6.07) is 1.95. The molecule has 104 valence electrons. The van der Waals surface area contributed by atoms with Crippen LogP contribution in [0.15, 0.2) is 12.3 Å². The molecule has 1 fully saturated rings. The zero-order chi connectivity index (χ0) is 14.1. The number of halogens is 1. The third-order valence-corrected chi connectivity index (χ3v) is 3.78. The van der Waals surface area contributed by atoms with Crippen molar-refractivity contribution >= 4 is 39.7 Å². The van der Waals surface area contributed by atoms with E-state index in [1.165, 1.54) is 11.3 Å². The second-order valence-corrected chi connectivity index (χ2v) is 5.94. The number of amides is 1. The second-order valence-electron chi connectivity index (χ2n) is 4.53. The zero-order valence-electron chi connectivity index (χ0n) is 10.7. The van der Waals surface area contributed by atoms with Crippen molar-refractivity contribution in [2.75, 3.05) is 5.32 Å². The van der Waals surface area contributed by atoms with E-state index in [4.69, 9.17) is 11.6 Å². The normalized spacial score (nSPS) is 14.1. The van der Waals surface area contributed by atoms with E-state index in [-0.39, 0.29) is 5.91 Å². The smallest absolute Gasteiger partial charge is 0.280 e. The number of carbonyl (C=O) groups is 1. The van der Waals surface area contributed by atoms with Crippen LogP contribution in [-0.2, 0) is 0 Å². The maximum atomic E-state index is 11.8. The van der Waals surface area contributed by atoms with Crippen molar-refractivity contribution < 1.29 is 4.79 Å². The van der Waals surface area contributed by atoms with Crippen LogP contribution in [0, 0.1) is 6.92 Å². The Labute approximate surface area is 124 Å². The van der Waals surface area contributed by atoms with Crippen LogP contribution in [0.1, 0.15) is 28.5 Å². The standard InChI is InChI=1S/C12H12ClN5OS/c1-6-15-8(13)4-9(16-6)18-10-5-14-12(20-10)11(19)17-7-2-3-7/h4-5,7H,2-3H2,1H3,(H,17,19)(H,15,16,18). The molecule has 0 bridgehead atoms. The van der Waals surface area contributed by atoms with Crippen molar-refractivity contribution in [1.82, 2.24) is 20.3 Å². The van der Waals surface area contributed by atoms with Gasteiger partial charge in [0.2, 0.25) is 0 Å². The minimum absolute atomic E-state index is 0.123. The molecule has 2 aromatic heterocycles. The second kappa shape index (κ2) is 5.34. The van der Waals surface area contributed by atoms with Gasteiger partial charge in [-0.15, -0.1) is 0 Å². The fourth-order valence-electron chi connectivity index (χ4n) is 1.63. The van der Waals surface area contributed by atoms with Gasteiger partial charge < -0.3 is 10.6 Å². The Bertz CT molecular complexity index is 635. The van der Waals surface area contributed by atoms with Gasteiger partial charge in [-0.25, -0.2) is 15.0 Å². The molecule has 0 saturated heterocycles. The van der Waals surface area contributed by atoms with Crippen LogP contribution in [0.3, 0.4) is 0 Å². The molecule has 0 radical (unpaired) electrons. The van der Waals surface area contributed by atoms with Gasteiger partial charge in [-0.2, -0.15) is 0 Å². The largest absolute Gasteiger partial charge is 0.347 e. The summed E-state index contributed by atoms with van der Waals surface area (Å²) in [5, 5.41) is 7.52. The van der Waals surface area contributed by atoms with Gasteiger partial charge >= 0.3 is 0 Å². The van der Waals surface area contributed by atoms with Gasteiger partial charge in [0.25, 0.3) is 5.91 Å². The number of nitrogens with zero attached hydrogens (tertiary/aromatic N) is 3. The number of anilines is 2. The van der Waals surface area contributed by atoms with Gasteiger partial charge in [-0.05, 0) is 19.8 Å². The quantitative estimate of drug-likeness (QED) is 0.848. The lowest BCUT2D eigenvalue weighted by Gasteiger charge is -2.03. The molecule has 8 heteroatoms. The molecule has 0 atom stereocenters. The van der Waals surface area contributed by atoms with Gasteiger partial charge in [0, 0.05) is 12.1 Å². The van der Waals surface area contributed by atoms with Crippen LogP contribution in [0.5, 0.6) is 0 Å². The van der Waals surface area contributed by atoms with Crippen molar-refractivity contribution in [2.45, 2.75) is 25.8 Å². The molecule has 0 aromatic carbocycles. The average Bonchev–Trinajstić information content (AvgIpc) is 3.04. The topological polar surface area (TPSA) is 79.8 Å². The molecule has 1 saturated carbocycles. The Hall–Kier alpha value is -1.73. The summed E-state index contributed by atoms with van der Waals surface area (Å²) in [4.78, 5) is 24.1. The van der Waals surface area contributed by atoms with Crippen molar-refractivity contribution in [3.8, 4) is 0 Å². The number of rotatable bonds is 4. The lowest BCUT2D eigenvalue weighted by molar-refractivity contribution is 0.0950. The third kappa shape index (κ3) is 3.23. The molecular weight excluding hydrogens is 298 g/mol. The highest BCUT2D eigenvalue weighted by atomic mass is 35.5. The number of nitrogens with one attached hydrogen (secondary N) is 2. The Morgan fingerprint density at radius 2 is 2.25 bits per heavy atom. The molecule has 1 aliphatic carbocycles. The van der Waals surface area contributed by atoms with Crippen molar-refractivity contribution in [3.05, 3.63) is 28.2 Å². The highest BCUT2D eigenvalue weighted by Gasteiger charge is 2.25. The van der Waals surface area contributed by atoms with Crippen molar-refractivity contribution in [3.63, 3.8) is 0 Å². The van der Waals surface area contributed by atoms with Crippen LogP contribution in [0.4, 0.5) is 10.8 Å². The Morgan fingerprint density at radius 1 is 1.45 bits per heavy atom. The lowest BCUT2D eigenvalue weighted by Crippen LogP contribution is -2.25. The van der Waals surface area contributed by atoms with E-state index < -0.39 is 0 Å². The van der Waals surface area contributed by atoms with Crippen LogP contribution in [-0.4, -0.2) is 26.9 Å². The van der Waals surface area contributed by atoms with Crippen molar-refractivity contribution in [1.29, 1.82) is 0 Å². The Morgan fingerprint density at radius 3 is 2.95 bits per heavy atom. The number of aryl methyl sites for hydroxylation is 1. The van der Waals surface area contributed by atoms with E-state index in [1.54, 1.807) is 19.2 Å². The van der Waals surface area contributed by atoms with Crippen LogP contribution in [0.25, 0.3) is 0 Å². The molecule has 0 spiro atoms. The van der Waals surface area contributed by atoms with E-state index in [1.807, 2.05) is 0 Å². The van der Waals surface area contributed by atoms with Gasteiger partial charge in [-0.3, -0.25) is 4.79 Å². The molecule has 0 unspecified atom stereocenters. The molecule has 6 nitrogen and oxygen atoms in total. The monoisotopic (exact) mass is 309 g/mol. The molecule has 1 aliphatic rings. The van der Waals surface area contributed by atoms with E-state index in [0.29, 0.717) is 27.8 Å². The summed E-state index contributed by atoms with van der Waals surface area (Å²) < 4.78 is 0. The maximum absolute atomic E-state index is 11.8. The number of carbonyl (C=O) groups excluding carboxylic acids is 1. The SMILES string of the molecule is Cc1nc(Cl)cc(Nc2cnc(C(=O)NC3CC3)s2)n1. The summed E-state index contributed by atoms with van der Waals surface area (Å²) >= 11 is 7.15. The first-order valence-electron chi connectivity index (χ1n) is 6.15. The van der Waals surface area contributed by atoms with E-state index in [2.05, 4.69) is 25.6 Å². The van der Waals surface area contributed by atoms with E-state index in [0.717, 1.165) is 17.8 Å². The first kappa shape index (κ1) is 13.3. The van der Waals surface area contributed by atoms with E-state index in [9.17, 15) is 4.79 Å². The van der Waals surface area contributed by atoms with Gasteiger partial charge in [0.1, 0.15) is 21.8 Å². The highest BCUT2D eigenvalue weighted by molar-refractivity contribution is 7.17. The van der Waals surface area contributed by atoms with Crippen LogP contribution in [0.2, 0.25) is 5.15 Å². The summed E-state index contributed by atoms with van der Waals surface area (Å²) in [5.74, 6) is 1.04. The van der Waals surface area contributed by atoms with Gasteiger partial charge in [0.05, 0.1) is 6.20 Å². The zero-order valence-corrected chi connectivity index (χ0v) is 12.3. The molecule has 3 rings (SSSR count). The molecular formula is C12H12ClN5OS. The van der Waals surface area contributed by atoms with Gasteiger partial charge in [-0.1, -0.05) is 22.9 Å². The molecule has 2 heterocycles. The summed E-state index contributed by atoms with van der Waals surface area (Å²) in [7, 11) is 0.